The van der Waals surface area contributed by atoms with Crippen LogP contribution >= 0.6 is 0 Å². The molecule has 3 heterocycles. The van der Waals surface area contributed by atoms with Gasteiger partial charge in [0.05, 0.1) is 17.8 Å². The molecule has 2 aliphatic rings. The first-order valence-electron chi connectivity index (χ1n) is 6.19. The van der Waals surface area contributed by atoms with Crippen LogP contribution < -0.4 is 10.2 Å². The summed E-state index contributed by atoms with van der Waals surface area (Å²) in [7, 11) is 1.84. The summed E-state index contributed by atoms with van der Waals surface area (Å²) in [6.07, 6.45) is 6.82. The third-order valence-electron chi connectivity index (χ3n) is 3.98. The summed E-state index contributed by atoms with van der Waals surface area (Å²) < 4.78 is 0. The van der Waals surface area contributed by atoms with E-state index in [2.05, 4.69) is 10.3 Å². The Hall–Kier alpha value is -1.42. The van der Waals surface area contributed by atoms with Crippen molar-refractivity contribution in [1.82, 2.24) is 10.3 Å². The molecular formula is C13H17N3O. The maximum atomic E-state index is 12.4. The molecule has 1 aromatic heterocycles. The second-order valence-corrected chi connectivity index (χ2v) is 5.00. The van der Waals surface area contributed by atoms with Gasteiger partial charge in [-0.15, -0.1) is 0 Å². The molecule has 0 saturated carbocycles. The highest BCUT2D eigenvalue weighted by atomic mass is 16.2. The lowest BCUT2D eigenvalue weighted by molar-refractivity contribution is -0.122. The Balaban J connectivity index is 1.74. The number of rotatable bonds is 2. The highest BCUT2D eigenvalue weighted by Crippen LogP contribution is 2.34. The Labute approximate surface area is 101 Å². The number of pyridine rings is 1. The van der Waals surface area contributed by atoms with Gasteiger partial charge in [0.25, 0.3) is 0 Å². The second-order valence-electron chi connectivity index (χ2n) is 5.00. The van der Waals surface area contributed by atoms with Gasteiger partial charge in [0.2, 0.25) is 5.91 Å². The number of fused-ring (bicyclic) bond motifs is 2. The van der Waals surface area contributed by atoms with Crippen molar-refractivity contribution in [3.05, 3.63) is 24.5 Å². The van der Waals surface area contributed by atoms with Gasteiger partial charge in [-0.1, -0.05) is 0 Å². The molecule has 90 valence electrons. The number of hydrogen-bond acceptors (Lipinski definition) is 3. The normalized spacial score (nSPS) is 30.5. The molecular weight excluding hydrogens is 214 g/mol. The monoisotopic (exact) mass is 231 g/mol. The summed E-state index contributed by atoms with van der Waals surface area (Å²) in [6.45, 7) is 0. The first-order valence-corrected chi connectivity index (χ1v) is 6.19. The molecule has 0 spiro atoms. The molecule has 1 aromatic rings. The van der Waals surface area contributed by atoms with Crippen LogP contribution in [-0.2, 0) is 4.79 Å². The highest BCUT2D eigenvalue weighted by molar-refractivity contribution is 5.95. The molecule has 17 heavy (non-hydrogen) atoms. The maximum Gasteiger partial charge on any atom is 0.231 e. The van der Waals surface area contributed by atoms with E-state index < -0.39 is 0 Å². The summed E-state index contributed by atoms with van der Waals surface area (Å²) in [6, 6.07) is 4.74. The fraction of sp³-hybridized carbons (Fsp3) is 0.538. The van der Waals surface area contributed by atoms with Gasteiger partial charge >= 0.3 is 0 Å². The second kappa shape index (κ2) is 4.11. The van der Waals surface area contributed by atoms with E-state index in [9.17, 15) is 4.79 Å². The average Bonchev–Trinajstić information content (AvgIpc) is 3.00. The van der Waals surface area contributed by atoms with E-state index in [1.807, 2.05) is 19.2 Å². The zero-order valence-electron chi connectivity index (χ0n) is 9.97. The quantitative estimate of drug-likeness (QED) is 0.831. The number of nitrogens with one attached hydrogen (secondary N) is 1. The van der Waals surface area contributed by atoms with Crippen molar-refractivity contribution in [3.8, 4) is 0 Å². The van der Waals surface area contributed by atoms with E-state index in [1.165, 1.54) is 6.42 Å². The van der Waals surface area contributed by atoms with Crippen LogP contribution in [0.15, 0.2) is 24.5 Å². The fourth-order valence-corrected chi connectivity index (χ4v) is 3.03. The van der Waals surface area contributed by atoms with E-state index in [0.717, 1.165) is 18.5 Å². The summed E-state index contributed by atoms with van der Waals surface area (Å²) in [4.78, 5) is 18.2. The van der Waals surface area contributed by atoms with Crippen molar-refractivity contribution in [2.24, 2.45) is 5.92 Å². The lowest BCUT2D eigenvalue weighted by Crippen LogP contribution is -2.38. The van der Waals surface area contributed by atoms with Crippen LogP contribution in [-0.4, -0.2) is 30.0 Å². The smallest absolute Gasteiger partial charge is 0.231 e. The van der Waals surface area contributed by atoms with E-state index in [0.29, 0.717) is 12.1 Å². The third kappa shape index (κ3) is 1.82. The molecule has 2 aliphatic heterocycles. The van der Waals surface area contributed by atoms with Gasteiger partial charge in [0, 0.05) is 25.3 Å². The molecule has 2 saturated heterocycles. The minimum Gasteiger partial charge on any atom is -0.314 e. The summed E-state index contributed by atoms with van der Waals surface area (Å²) in [5, 5.41) is 3.50. The zero-order chi connectivity index (χ0) is 11.8. The zero-order valence-corrected chi connectivity index (χ0v) is 9.97. The Morgan fingerprint density at radius 2 is 2.41 bits per heavy atom. The lowest BCUT2D eigenvalue weighted by atomic mass is 9.88. The fourth-order valence-electron chi connectivity index (χ4n) is 3.03. The van der Waals surface area contributed by atoms with Gasteiger partial charge < -0.3 is 10.2 Å². The number of nitrogens with zero attached hydrogens (tertiary/aromatic N) is 2. The van der Waals surface area contributed by atoms with Crippen LogP contribution in [0.3, 0.4) is 0 Å². The predicted octanol–water partition coefficient (Wildman–Crippen LogP) is 1.18. The molecule has 0 aromatic carbocycles. The van der Waals surface area contributed by atoms with E-state index in [4.69, 9.17) is 0 Å². The molecule has 0 aliphatic carbocycles. The van der Waals surface area contributed by atoms with Gasteiger partial charge in [-0.2, -0.15) is 0 Å². The molecule has 2 fully saturated rings. The average molecular weight is 231 g/mol. The lowest BCUT2D eigenvalue weighted by Gasteiger charge is -2.25. The highest BCUT2D eigenvalue weighted by Gasteiger charge is 2.43. The molecule has 4 nitrogen and oxygen atoms in total. The molecule has 4 heteroatoms. The third-order valence-corrected chi connectivity index (χ3v) is 3.98. The van der Waals surface area contributed by atoms with Gasteiger partial charge in [-0.3, -0.25) is 9.78 Å². The Kier molecular flexibility index (Phi) is 2.59. The van der Waals surface area contributed by atoms with Crippen LogP contribution in [0.25, 0.3) is 0 Å². The summed E-state index contributed by atoms with van der Waals surface area (Å²) in [5.41, 5.74) is 0.875. The SMILES string of the molecule is CN(C(=O)C1CC2CCC1N2)c1cccnc1. The first kappa shape index (κ1) is 10.7. The van der Waals surface area contributed by atoms with Crippen molar-refractivity contribution < 1.29 is 4.79 Å². The molecule has 3 unspecified atom stereocenters. The number of aromatic nitrogens is 1. The van der Waals surface area contributed by atoms with E-state index in [-0.39, 0.29) is 11.8 Å². The van der Waals surface area contributed by atoms with Crippen molar-refractivity contribution in [3.63, 3.8) is 0 Å². The minimum absolute atomic E-state index is 0.152. The van der Waals surface area contributed by atoms with Crippen LogP contribution in [0.2, 0.25) is 0 Å². The summed E-state index contributed by atoms with van der Waals surface area (Å²) in [5.74, 6) is 0.372. The van der Waals surface area contributed by atoms with Crippen LogP contribution in [0.1, 0.15) is 19.3 Å². The molecule has 2 bridgehead atoms. The van der Waals surface area contributed by atoms with Gasteiger partial charge in [0.1, 0.15) is 0 Å². The van der Waals surface area contributed by atoms with Crippen molar-refractivity contribution in [2.45, 2.75) is 31.3 Å². The number of carbonyl (C=O) groups excluding carboxylic acids is 1. The van der Waals surface area contributed by atoms with E-state index in [1.54, 1.807) is 17.3 Å². The van der Waals surface area contributed by atoms with Crippen LogP contribution in [0.5, 0.6) is 0 Å². The number of anilines is 1. The molecule has 1 N–H and O–H groups in total. The minimum atomic E-state index is 0.152. The predicted molar refractivity (Wildman–Crippen MR) is 65.7 cm³/mol. The molecule has 3 atom stereocenters. The van der Waals surface area contributed by atoms with Crippen molar-refractivity contribution >= 4 is 11.6 Å². The van der Waals surface area contributed by atoms with E-state index >= 15 is 0 Å². The number of carbonyl (C=O) groups is 1. The Morgan fingerprint density at radius 3 is 3.00 bits per heavy atom. The molecule has 3 rings (SSSR count). The summed E-state index contributed by atoms with van der Waals surface area (Å²) >= 11 is 0. The standard InChI is InChI=1S/C13H17N3O/c1-16(10-3-2-6-14-8-10)13(17)11-7-9-4-5-12(11)15-9/h2-3,6,8-9,11-12,15H,4-5,7H2,1H3. The van der Waals surface area contributed by atoms with Crippen molar-refractivity contribution in [2.75, 3.05) is 11.9 Å². The first-order chi connectivity index (χ1) is 8.25. The van der Waals surface area contributed by atoms with Gasteiger partial charge in [0.15, 0.2) is 0 Å². The van der Waals surface area contributed by atoms with Gasteiger partial charge in [-0.05, 0) is 31.4 Å². The largest absolute Gasteiger partial charge is 0.314 e. The topological polar surface area (TPSA) is 45.2 Å². The van der Waals surface area contributed by atoms with Crippen LogP contribution in [0.4, 0.5) is 5.69 Å². The Bertz CT molecular complexity index is 420. The molecule has 0 radical (unpaired) electrons. The van der Waals surface area contributed by atoms with Crippen LogP contribution in [0, 0.1) is 5.92 Å². The van der Waals surface area contributed by atoms with Gasteiger partial charge in [-0.25, -0.2) is 0 Å². The molecule has 1 amide bonds. The number of hydrogen-bond donors (Lipinski definition) is 1. The van der Waals surface area contributed by atoms with Crippen molar-refractivity contribution in [1.29, 1.82) is 0 Å². The maximum absolute atomic E-state index is 12.4. The Morgan fingerprint density at radius 1 is 1.53 bits per heavy atom. The number of amides is 1.